The van der Waals surface area contributed by atoms with Crippen LogP contribution in [0.2, 0.25) is 5.02 Å². The summed E-state index contributed by atoms with van der Waals surface area (Å²) in [6.07, 6.45) is 4.87. The molecule has 1 heterocycles. The van der Waals surface area contributed by atoms with Gasteiger partial charge >= 0.3 is 0 Å². The van der Waals surface area contributed by atoms with E-state index in [0.717, 1.165) is 16.5 Å². The predicted molar refractivity (Wildman–Crippen MR) is 109 cm³/mol. The van der Waals surface area contributed by atoms with Gasteiger partial charge in [0.2, 0.25) is 5.91 Å². The van der Waals surface area contributed by atoms with Gasteiger partial charge in [-0.05, 0) is 30.3 Å². The summed E-state index contributed by atoms with van der Waals surface area (Å²) in [7, 11) is 3.29. The highest BCUT2D eigenvalue weighted by Gasteiger charge is 2.13. The molecule has 0 radical (unpaired) electrons. The van der Waals surface area contributed by atoms with E-state index in [1.54, 1.807) is 44.6 Å². The van der Waals surface area contributed by atoms with Crippen LogP contribution in [0.1, 0.15) is 15.9 Å². The van der Waals surface area contributed by atoms with Gasteiger partial charge in [0, 0.05) is 43.0 Å². The first-order chi connectivity index (χ1) is 13.0. The SMILES string of the molecule is CN(C)C(=O)c1cc(NC(=O)C=Cc2cccc3cccnc23)ccc1Cl. The molecule has 1 N–H and O–H groups in total. The molecule has 2 amide bonds. The number of amides is 2. The Morgan fingerprint density at radius 1 is 1.11 bits per heavy atom. The first kappa shape index (κ1) is 18.6. The fraction of sp³-hybridized carbons (Fsp3) is 0.0952. The van der Waals surface area contributed by atoms with Gasteiger partial charge in [0.15, 0.2) is 0 Å². The van der Waals surface area contributed by atoms with E-state index in [9.17, 15) is 9.59 Å². The van der Waals surface area contributed by atoms with Crippen LogP contribution >= 0.6 is 11.6 Å². The maximum Gasteiger partial charge on any atom is 0.254 e. The molecule has 2 aromatic carbocycles. The fourth-order valence-electron chi connectivity index (χ4n) is 2.62. The summed E-state index contributed by atoms with van der Waals surface area (Å²) in [5.41, 5.74) is 2.51. The Labute approximate surface area is 162 Å². The number of fused-ring (bicyclic) bond motifs is 1. The van der Waals surface area contributed by atoms with Crippen LogP contribution in [0.5, 0.6) is 0 Å². The third kappa shape index (κ3) is 4.33. The van der Waals surface area contributed by atoms with Crippen molar-refractivity contribution in [1.29, 1.82) is 0 Å². The molecule has 3 aromatic rings. The number of hydrogen-bond acceptors (Lipinski definition) is 3. The third-order valence-corrected chi connectivity index (χ3v) is 4.28. The number of para-hydroxylation sites is 1. The maximum atomic E-state index is 12.3. The largest absolute Gasteiger partial charge is 0.345 e. The van der Waals surface area contributed by atoms with Crippen molar-refractivity contribution in [3.8, 4) is 0 Å². The Morgan fingerprint density at radius 2 is 1.89 bits per heavy atom. The molecule has 0 saturated carbocycles. The first-order valence-electron chi connectivity index (χ1n) is 8.30. The summed E-state index contributed by atoms with van der Waals surface area (Å²) in [6.45, 7) is 0. The molecular formula is C21H18ClN3O2. The van der Waals surface area contributed by atoms with Crippen molar-refractivity contribution in [3.05, 3.63) is 77.0 Å². The van der Waals surface area contributed by atoms with Crippen LogP contribution in [0.3, 0.4) is 0 Å². The highest BCUT2D eigenvalue weighted by Crippen LogP contribution is 2.22. The molecule has 27 heavy (non-hydrogen) atoms. The number of nitrogens with zero attached hydrogens (tertiary/aromatic N) is 2. The second kappa shape index (κ2) is 8.01. The molecule has 0 bridgehead atoms. The Hall–Kier alpha value is -3.18. The summed E-state index contributed by atoms with van der Waals surface area (Å²) in [5, 5.41) is 4.09. The zero-order valence-electron chi connectivity index (χ0n) is 14.9. The number of aromatic nitrogens is 1. The molecule has 0 spiro atoms. The molecule has 6 heteroatoms. The van der Waals surface area contributed by atoms with Gasteiger partial charge in [-0.2, -0.15) is 0 Å². The van der Waals surface area contributed by atoms with E-state index >= 15 is 0 Å². The molecule has 0 unspecified atom stereocenters. The van der Waals surface area contributed by atoms with Gasteiger partial charge < -0.3 is 10.2 Å². The highest BCUT2D eigenvalue weighted by molar-refractivity contribution is 6.34. The summed E-state index contributed by atoms with van der Waals surface area (Å²) >= 11 is 6.09. The summed E-state index contributed by atoms with van der Waals surface area (Å²) in [4.78, 5) is 30.2. The minimum Gasteiger partial charge on any atom is -0.345 e. The Kier molecular flexibility index (Phi) is 5.52. The number of carbonyl (C=O) groups is 2. The van der Waals surface area contributed by atoms with Crippen LogP contribution < -0.4 is 5.32 Å². The van der Waals surface area contributed by atoms with Crippen LogP contribution in [-0.4, -0.2) is 35.8 Å². The summed E-state index contributed by atoms with van der Waals surface area (Å²) in [5.74, 6) is -0.540. The monoisotopic (exact) mass is 379 g/mol. The molecule has 0 aliphatic rings. The summed E-state index contributed by atoms with van der Waals surface area (Å²) < 4.78 is 0. The molecule has 0 saturated heterocycles. The van der Waals surface area contributed by atoms with Gasteiger partial charge in [0.05, 0.1) is 16.1 Å². The topological polar surface area (TPSA) is 62.3 Å². The Balaban J connectivity index is 1.79. The van der Waals surface area contributed by atoms with E-state index in [4.69, 9.17) is 11.6 Å². The van der Waals surface area contributed by atoms with Crippen molar-refractivity contribution < 1.29 is 9.59 Å². The van der Waals surface area contributed by atoms with E-state index in [1.807, 2.05) is 30.3 Å². The lowest BCUT2D eigenvalue weighted by Gasteiger charge is -2.13. The van der Waals surface area contributed by atoms with Crippen molar-refractivity contribution in [2.75, 3.05) is 19.4 Å². The molecule has 1 aromatic heterocycles. The molecule has 3 rings (SSSR count). The lowest BCUT2D eigenvalue weighted by molar-refractivity contribution is -0.111. The van der Waals surface area contributed by atoms with Gasteiger partial charge in [-0.3, -0.25) is 14.6 Å². The van der Waals surface area contributed by atoms with E-state index in [1.165, 1.54) is 11.0 Å². The van der Waals surface area contributed by atoms with Gasteiger partial charge in [-0.1, -0.05) is 35.9 Å². The minimum absolute atomic E-state index is 0.228. The highest BCUT2D eigenvalue weighted by atomic mass is 35.5. The van der Waals surface area contributed by atoms with Gasteiger partial charge in [-0.15, -0.1) is 0 Å². The van der Waals surface area contributed by atoms with Crippen LogP contribution in [0.25, 0.3) is 17.0 Å². The quantitative estimate of drug-likeness (QED) is 0.689. The van der Waals surface area contributed by atoms with Crippen molar-refractivity contribution in [3.63, 3.8) is 0 Å². The van der Waals surface area contributed by atoms with E-state index < -0.39 is 0 Å². The number of rotatable bonds is 4. The lowest BCUT2D eigenvalue weighted by atomic mass is 10.1. The Bertz CT molecular complexity index is 1040. The number of carbonyl (C=O) groups excluding carboxylic acids is 2. The number of benzene rings is 2. The maximum absolute atomic E-state index is 12.3. The van der Waals surface area contributed by atoms with Crippen LogP contribution in [-0.2, 0) is 4.79 Å². The second-order valence-corrected chi connectivity index (χ2v) is 6.55. The lowest BCUT2D eigenvalue weighted by Crippen LogP contribution is -2.22. The number of anilines is 1. The fourth-order valence-corrected chi connectivity index (χ4v) is 2.82. The average Bonchev–Trinajstić information content (AvgIpc) is 2.67. The average molecular weight is 380 g/mol. The van der Waals surface area contributed by atoms with Crippen molar-refractivity contribution in [2.24, 2.45) is 0 Å². The first-order valence-corrected chi connectivity index (χ1v) is 8.67. The van der Waals surface area contributed by atoms with Gasteiger partial charge in [0.25, 0.3) is 5.91 Å². The zero-order valence-corrected chi connectivity index (χ0v) is 15.7. The molecule has 0 fully saturated rings. The second-order valence-electron chi connectivity index (χ2n) is 6.14. The number of nitrogens with one attached hydrogen (secondary N) is 1. The standard InChI is InChI=1S/C21H18ClN3O2/c1-25(2)21(27)17-13-16(9-10-18(17)22)24-19(26)11-8-15-6-3-5-14-7-4-12-23-20(14)15/h3-13H,1-2H3,(H,24,26). The number of hydrogen-bond donors (Lipinski definition) is 1. The van der Waals surface area contributed by atoms with Crippen LogP contribution in [0.4, 0.5) is 5.69 Å². The molecule has 5 nitrogen and oxygen atoms in total. The Morgan fingerprint density at radius 3 is 2.67 bits per heavy atom. The molecule has 136 valence electrons. The predicted octanol–water partition coefficient (Wildman–Crippen LogP) is 4.24. The number of halogens is 1. The van der Waals surface area contributed by atoms with Crippen LogP contribution in [0, 0.1) is 0 Å². The molecule has 0 atom stereocenters. The van der Waals surface area contributed by atoms with Gasteiger partial charge in [-0.25, -0.2) is 0 Å². The van der Waals surface area contributed by atoms with E-state index in [2.05, 4.69) is 10.3 Å². The van der Waals surface area contributed by atoms with Gasteiger partial charge in [0.1, 0.15) is 0 Å². The zero-order chi connectivity index (χ0) is 19.4. The molecule has 0 aliphatic carbocycles. The third-order valence-electron chi connectivity index (χ3n) is 3.95. The van der Waals surface area contributed by atoms with Crippen molar-refractivity contribution >= 4 is 46.1 Å². The van der Waals surface area contributed by atoms with Crippen molar-refractivity contribution in [2.45, 2.75) is 0 Å². The van der Waals surface area contributed by atoms with E-state index in [-0.39, 0.29) is 11.8 Å². The summed E-state index contributed by atoms with van der Waals surface area (Å²) in [6, 6.07) is 14.4. The molecule has 0 aliphatic heterocycles. The minimum atomic E-state index is -0.312. The normalized spacial score (nSPS) is 10.9. The van der Waals surface area contributed by atoms with Crippen LogP contribution in [0.15, 0.2) is 60.8 Å². The smallest absolute Gasteiger partial charge is 0.254 e. The van der Waals surface area contributed by atoms with Crippen molar-refractivity contribution in [1.82, 2.24) is 9.88 Å². The molecular weight excluding hydrogens is 362 g/mol. The van der Waals surface area contributed by atoms with E-state index in [0.29, 0.717) is 16.3 Å². The number of pyridine rings is 1.